The van der Waals surface area contributed by atoms with Gasteiger partial charge in [0, 0.05) is 38.7 Å². The Hall–Kier alpha value is -7.68. The molecular weight excluding hydrogens is 703 g/mol. The number of rotatable bonds is 7. The number of fused-ring (bicyclic) bond motifs is 6. The molecule has 0 aliphatic carbocycles. The van der Waals surface area contributed by atoms with Crippen molar-refractivity contribution in [3.63, 3.8) is 0 Å². The molecule has 0 saturated carbocycles. The summed E-state index contributed by atoms with van der Waals surface area (Å²) in [5.41, 5.74) is 14.4. The van der Waals surface area contributed by atoms with Crippen LogP contribution in [0.3, 0.4) is 0 Å². The summed E-state index contributed by atoms with van der Waals surface area (Å²) in [4.78, 5) is 2.37. The molecule has 0 spiro atoms. The molecule has 0 amide bonds. The predicted octanol–water partition coefficient (Wildman–Crippen LogP) is 16.0. The standard InChI is InChI=1S/C56H37NO/c1-2-12-38(13-3-1)40-28-33-45(34-29-40)57(46-35-30-41(31-36-46)39-24-26-44(27-25-39)48-20-10-16-42-14-4-6-17-47(42)48)54-23-9-8-19-50(54)51-21-11-22-52-53-37-32-43-15-5-7-18-49(43)55(53)58-56(51)52/h1-37H. The fraction of sp³-hybridized carbons (Fsp3) is 0. The number of hydrogen-bond donors (Lipinski definition) is 0. The lowest BCUT2D eigenvalue weighted by atomic mass is 9.96. The molecule has 11 rings (SSSR count). The first-order valence-electron chi connectivity index (χ1n) is 19.8. The molecular formula is C56H37NO. The maximum Gasteiger partial charge on any atom is 0.143 e. The van der Waals surface area contributed by atoms with Gasteiger partial charge in [0.05, 0.1) is 5.69 Å². The van der Waals surface area contributed by atoms with Gasteiger partial charge in [-0.2, -0.15) is 0 Å². The Balaban J connectivity index is 1.02. The van der Waals surface area contributed by atoms with E-state index in [1.165, 1.54) is 49.5 Å². The summed E-state index contributed by atoms with van der Waals surface area (Å²) >= 11 is 0. The highest BCUT2D eigenvalue weighted by atomic mass is 16.3. The highest BCUT2D eigenvalue weighted by Crippen LogP contribution is 2.45. The summed E-state index contributed by atoms with van der Waals surface area (Å²) in [7, 11) is 0. The van der Waals surface area contributed by atoms with Gasteiger partial charge in [-0.1, -0.05) is 188 Å². The maximum absolute atomic E-state index is 6.87. The summed E-state index contributed by atoms with van der Waals surface area (Å²) in [6.07, 6.45) is 0. The van der Waals surface area contributed by atoms with Gasteiger partial charge >= 0.3 is 0 Å². The third-order valence-electron chi connectivity index (χ3n) is 11.5. The zero-order valence-corrected chi connectivity index (χ0v) is 31.7. The maximum atomic E-state index is 6.87. The molecule has 1 aromatic heterocycles. The first-order chi connectivity index (χ1) is 28.8. The van der Waals surface area contributed by atoms with Crippen molar-refractivity contribution in [1.29, 1.82) is 0 Å². The molecule has 0 unspecified atom stereocenters. The highest BCUT2D eigenvalue weighted by Gasteiger charge is 2.21. The van der Waals surface area contributed by atoms with E-state index in [2.05, 4.69) is 229 Å². The number of hydrogen-bond acceptors (Lipinski definition) is 2. The quantitative estimate of drug-likeness (QED) is 0.162. The van der Waals surface area contributed by atoms with Crippen LogP contribution in [-0.4, -0.2) is 0 Å². The van der Waals surface area contributed by atoms with Crippen LogP contribution in [0.4, 0.5) is 17.1 Å². The van der Waals surface area contributed by atoms with Gasteiger partial charge in [-0.05, 0) is 85.9 Å². The molecule has 0 N–H and O–H groups in total. The van der Waals surface area contributed by atoms with E-state index in [9.17, 15) is 0 Å². The molecule has 0 atom stereocenters. The third kappa shape index (κ3) is 5.82. The van der Waals surface area contributed by atoms with Crippen LogP contribution in [0.5, 0.6) is 0 Å². The zero-order chi connectivity index (χ0) is 38.4. The summed E-state index contributed by atoms with van der Waals surface area (Å²) in [6.45, 7) is 0. The van der Waals surface area contributed by atoms with Crippen LogP contribution in [0, 0.1) is 0 Å². The second-order valence-corrected chi connectivity index (χ2v) is 14.9. The van der Waals surface area contributed by atoms with E-state index in [0.717, 1.165) is 55.5 Å². The Kier molecular flexibility index (Phi) is 8.19. The fourth-order valence-corrected chi connectivity index (χ4v) is 8.62. The van der Waals surface area contributed by atoms with Crippen LogP contribution < -0.4 is 4.90 Å². The number of furan rings is 1. The van der Waals surface area contributed by atoms with E-state index in [1.54, 1.807) is 0 Å². The van der Waals surface area contributed by atoms with E-state index >= 15 is 0 Å². The largest absolute Gasteiger partial charge is 0.455 e. The van der Waals surface area contributed by atoms with Crippen molar-refractivity contribution in [3.05, 3.63) is 224 Å². The van der Waals surface area contributed by atoms with Gasteiger partial charge in [0.2, 0.25) is 0 Å². The van der Waals surface area contributed by atoms with Gasteiger partial charge in [0.15, 0.2) is 0 Å². The monoisotopic (exact) mass is 739 g/mol. The van der Waals surface area contributed by atoms with Crippen LogP contribution in [0.2, 0.25) is 0 Å². The second-order valence-electron chi connectivity index (χ2n) is 14.9. The summed E-state index contributed by atoms with van der Waals surface area (Å²) in [5, 5.41) is 7.06. The molecule has 2 nitrogen and oxygen atoms in total. The molecule has 1 heterocycles. The normalized spacial score (nSPS) is 11.4. The lowest BCUT2D eigenvalue weighted by molar-refractivity contribution is 0.674. The molecule has 0 aliphatic heterocycles. The Bertz CT molecular complexity index is 3250. The molecule has 10 aromatic carbocycles. The molecule has 0 bridgehead atoms. The second kappa shape index (κ2) is 14.1. The molecule has 0 aliphatic rings. The summed E-state index contributed by atoms with van der Waals surface area (Å²) in [5.74, 6) is 0. The first-order valence-corrected chi connectivity index (χ1v) is 19.8. The first kappa shape index (κ1) is 33.6. The molecule has 2 heteroatoms. The van der Waals surface area contributed by atoms with Gasteiger partial charge in [0.25, 0.3) is 0 Å². The minimum Gasteiger partial charge on any atom is -0.455 e. The lowest BCUT2D eigenvalue weighted by Crippen LogP contribution is -2.11. The summed E-state index contributed by atoms with van der Waals surface area (Å²) in [6, 6.07) is 80.5. The molecule has 0 saturated heterocycles. The molecule has 58 heavy (non-hydrogen) atoms. The predicted molar refractivity (Wildman–Crippen MR) is 245 cm³/mol. The van der Waals surface area contributed by atoms with E-state index < -0.39 is 0 Å². The van der Waals surface area contributed by atoms with E-state index in [0.29, 0.717) is 0 Å². The van der Waals surface area contributed by atoms with E-state index in [-0.39, 0.29) is 0 Å². The van der Waals surface area contributed by atoms with Crippen molar-refractivity contribution in [2.24, 2.45) is 0 Å². The SMILES string of the molecule is c1ccc(-c2ccc(N(c3ccc(-c4ccc(-c5cccc6ccccc56)cc4)cc3)c3ccccc3-c3cccc4c3oc3c5ccccc5ccc43)cc2)cc1. The summed E-state index contributed by atoms with van der Waals surface area (Å²) < 4.78 is 6.87. The minimum atomic E-state index is 0.892. The van der Waals surface area contributed by atoms with Crippen LogP contribution in [0.25, 0.3) is 88.0 Å². The van der Waals surface area contributed by atoms with E-state index in [1.807, 2.05) is 0 Å². The van der Waals surface area contributed by atoms with Gasteiger partial charge in [0.1, 0.15) is 11.2 Å². The number of anilines is 3. The average Bonchev–Trinajstić information content (AvgIpc) is 3.70. The van der Waals surface area contributed by atoms with Crippen molar-refractivity contribution in [3.8, 4) is 44.5 Å². The van der Waals surface area contributed by atoms with Crippen molar-refractivity contribution >= 4 is 60.5 Å². The Morgan fingerprint density at radius 1 is 0.259 bits per heavy atom. The fourth-order valence-electron chi connectivity index (χ4n) is 8.62. The minimum absolute atomic E-state index is 0.892. The van der Waals surface area contributed by atoms with Gasteiger partial charge < -0.3 is 9.32 Å². The Morgan fingerprint density at radius 3 is 1.45 bits per heavy atom. The van der Waals surface area contributed by atoms with Crippen molar-refractivity contribution in [1.82, 2.24) is 0 Å². The van der Waals surface area contributed by atoms with Crippen molar-refractivity contribution < 1.29 is 4.42 Å². The topological polar surface area (TPSA) is 16.4 Å². The molecule has 0 radical (unpaired) electrons. The van der Waals surface area contributed by atoms with E-state index in [4.69, 9.17) is 4.42 Å². The van der Waals surface area contributed by atoms with Gasteiger partial charge in [-0.15, -0.1) is 0 Å². The van der Waals surface area contributed by atoms with Gasteiger partial charge in [-0.25, -0.2) is 0 Å². The average molecular weight is 740 g/mol. The number of benzene rings is 10. The molecule has 272 valence electrons. The van der Waals surface area contributed by atoms with Gasteiger partial charge in [-0.3, -0.25) is 0 Å². The van der Waals surface area contributed by atoms with Crippen molar-refractivity contribution in [2.45, 2.75) is 0 Å². The smallest absolute Gasteiger partial charge is 0.143 e. The molecule has 0 fully saturated rings. The molecule has 11 aromatic rings. The number of nitrogens with zero attached hydrogens (tertiary/aromatic N) is 1. The Labute approximate surface area is 337 Å². The lowest BCUT2D eigenvalue weighted by Gasteiger charge is -2.28. The Morgan fingerprint density at radius 2 is 0.724 bits per heavy atom. The van der Waals surface area contributed by atoms with Crippen LogP contribution in [0.1, 0.15) is 0 Å². The highest BCUT2D eigenvalue weighted by molar-refractivity contribution is 6.17. The van der Waals surface area contributed by atoms with Crippen LogP contribution in [-0.2, 0) is 0 Å². The van der Waals surface area contributed by atoms with Crippen LogP contribution >= 0.6 is 0 Å². The van der Waals surface area contributed by atoms with Crippen LogP contribution in [0.15, 0.2) is 229 Å². The third-order valence-corrected chi connectivity index (χ3v) is 11.5. The zero-order valence-electron chi connectivity index (χ0n) is 31.7. The van der Waals surface area contributed by atoms with Crippen molar-refractivity contribution in [2.75, 3.05) is 4.90 Å². The number of para-hydroxylation sites is 2.